The molecule has 1 unspecified atom stereocenters. The lowest BCUT2D eigenvalue weighted by molar-refractivity contribution is 0.0696. The molecule has 0 aromatic heterocycles. The highest BCUT2D eigenvalue weighted by Gasteiger charge is 2.35. The summed E-state index contributed by atoms with van der Waals surface area (Å²) in [5.74, 6) is -0.334. The summed E-state index contributed by atoms with van der Waals surface area (Å²) in [5, 5.41) is 9.14. The fourth-order valence-corrected chi connectivity index (χ4v) is 5.33. The minimum atomic E-state index is -3.74. The summed E-state index contributed by atoms with van der Waals surface area (Å²) in [6.45, 7) is 2.41. The molecule has 0 radical (unpaired) electrons. The van der Waals surface area contributed by atoms with Crippen molar-refractivity contribution in [1.29, 1.82) is 0 Å². The highest BCUT2D eigenvalue weighted by Crippen LogP contribution is 2.29. The number of carboxylic acid groups (broad SMARTS) is 1. The molecule has 1 atom stereocenters. The van der Waals surface area contributed by atoms with E-state index in [2.05, 4.69) is 0 Å². The number of benzene rings is 2. The van der Waals surface area contributed by atoms with Gasteiger partial charge in [0.05, 0.1) is 17.6 Å². The number of rotatable bonds is 6. The van der Waals surface area contributed by atoms with Crippen molar-refractivity contribution in [3.63, 3.8) is 0 Å². The van der Waals surface area contributed by atoms with Gasteiger partial charge in [0.2, 0.25) is 10.0 Å². The molecule has 0 aliphatic carbocycles. The second-order valence-electron chi connectivity index (χ2n) is 6.75. The second-order valence-corrected chi connectivity index (χ2v) is 8.64. The monoisotopic (exact) mass is 389 g/mol. The molecule has 1 saturated heterocycles. The van der Waals surface area contributed by atoms with E-state index in [1.807, 2.05) is 25.1 Å². The molecule has 1 N–H and O–H groups in total. The van der Waals surface area contributed by atoms with E-state index in [0.717, 1.165) is 29.7 Å². The van der Waals surface area contributed by atoms with Crippen LogP contribution < -0.4 is 4.74 Å². The molecule has 1 aliphatic rings. The normalized spacial score (nSPS) is 17.8. The third-order valence-corrected chi connectivity index (χ3v) is 6.89. The summed E-state index contributed by atoms with van der Waals surface area (Å²) in [6.07, 6.45) is 2.18. The third-order valence-electron chi connectivity index (χ3n) is 4.94. The highest BCUT2D eigenvalue weighted by atomic mass is 32.2. The number of aromatic carboxylic acids is 1. The van der Waals surface area contributed by atoms with Crippen LogP contribution in [-0.2, 0) is 16.4 Å². The van der Waals surface area contributed by atoms with Crippen LogP contribution in [0.15, 0.2) is 47.4 Å². The van der Waals surface area contributed by atoms with Crippen LogP contribution in [0.1, 0.15) is 34.3 Å². The van der Waals surface area contributed by atoms with Gasteiger partial charge in [0.15, 0.2) is 0 Å². The first-order chi connectivity index (χ1) is 12.8. The number of ether oxygens (including phenoxy) is 1. The van der Waals surface area contributed by atoms with Gasteiger partial charge in [-0.05, 0) is 61.6 Å². The van der Waals surface area contributed by atoms with Crippen molar-refractivity contribution < 1.29 is 23.1 Å². The molecule has 6 nitrogen and oxygen atoms in total. The van der Waals surface area contributed by atoms with Gasteiger partial charge in [0.25, 0.3) is 0 Å². The van der Waals surface area contributed by atoms with E-state index in [1.54, 1.807) is 7.11 Å². The molecule has 1 aliphatic heterocycles. The molecule has 144 valence electrons. The molecular formula is C20H23NO5S. The number of carboxylic acids is 1. The van der Waals surface area contributed by atoms with Crippen molar-refractivity contribution in [2.75, 3.05) is 13.7 Å². The van der Waals surface area contributed by atoms with Crippen molar-refractivity contribution in [2.24, 2.45) is 0 Å². The molecule has 2 aromatic carbocycles. The Kier molecular flexibility index (Phi) is 5.53. The average Bonchev–Trinajstić information content (AvgIpc) is 3.11. The van der Waals surface area contributed by atoms with Crippen LogP contribution in [0.4, 0.5) is 0 Å². The Morgan fingerprint density at radius 3 is 2.70 bits per heavy atom. The molecule has 0 bridgehead atoms. The SMILES string of the molecule is COc1ccc(CC2CCCN2S(=O)(=O)c2cccc(C(=O)O)c2)cc1C. The lowest BCUT2D eigenvalue weighted by atomic mass is 10.0. The largest absolute Gasteiger partial charge is 0.496 e. The Morgan fingerprint density at radius 1 is 1.26 bits per heavy atom. The fraction of sp³-hybridized carbons (Fsp3) is 0.350. The van der Waals surface area contributed by atoms with E-state index in [1.165, 1.54) is 28.6 Å². The molecule has 0 saturated carbocycles. The van der Waals surface area contributed by atoms with Gasteiger partial charge in [-0.2, -0.15) is 4.31 Å². The van der Waals surface area contributed by atoms with Crippen molar-refractivity contribution in [1.82, 2.24) is 4.31 Å². The molecule has 0 spiro atoms. The maximum atomic E-state index is 13.1. The highest BCUT2D eigenvalue weighted by molar-refractivity contribution is 7.89. The van der Waals surface area contributed by atoms with Crippen molar-refractivity contribution >= 4 is 16.0 Å². The number of hydrogen-bond acceptors (Lipinski definition) is 4. The Balaban J connectivity index is 1.86. The van der Waals surface area contributed by atoms with Gasteiger partial charge in [-0.15, -0.1) is 0 Å². The van der Waals surface area contributed by atoms with E-state index < -0.39 is 16.0 Å². The predicted octanol–water partition coefficient (Wildman–Crippen LogP) is 3.10. The lowest BCUT2D eigenvalue weighted by Gasteiger charge is -2.24. The van der Waals surface area contributed by atoms with E-state index in [9.17, 15) is 13.2 Å². The van der Waals surface area contributed by atoms with Crippen LogP contribution in [0.3, 0.4) is 0 Å². The van der Waals surface area contributed by atoms with Crippen molar-refractivity contribution in [3.05, 3.63) is 59.2 Å². The number of methoxy groups -OCH3 is 1. The van der Waals surface area contributed by atoms with Crippen LogP contribution in [0.25, 0.3) is 0 Å². The van der Waals surface area contributed by atoms with Gasteiger partial charge in [-0.1, -0.05) is 18.2 Å². The molecule has 2 aromatic rings. The van der Waals surface area contributed by atoms with Gasteiger partial charge in [-0.25, -0.2) is 13.2 Å². The van der Waals surface area contributed by atoms with Crippen LogP contribution in [-0.4, -0.2) is 43.5 Å². The number of sulfonamides is 1. The van der Waals surface area contributed by atoms with Crippen molar-refractivity contribution in [3.8, 4) is 5.75 Å². The third kappa shape index (κ3) is 3.99. The van der Waals surface area contributed by atoms with Crippen molar-refractivity contribution in [2.45, 2.75) is 37.1 Å². The van der Waals surface area contributed by atoms with Crippen LogP contribution in [0, 0.1) is 6.92 Å². The van der Waals surface area contributed by atoms with E-state index in [4.69, 9.17) is 9.84 Å². The van der Waals surface area contributed by atoms with Gasteiger partial charge >= 0.3 is 5.97 Å². The summed E-state index contributed by atoms with van der Waals surface area (Å²) < 4.78 is 33.0. The maximum absolute atomic E-state index is 13.1. The first kappa shape index (κ1) is 19.4. The smallest absolute Gasteiger partial charge is 0.335 e. The Labute approximate surface area is 159 Å². The quantitative estimate of drug-likeness (QED) is 0.821. The predicted molar refractivity (Wildman–Crippen MR) is 102 cm³/mol. The average molecular weight is 389 g/mol. The first-order valence-electron chi connectivity index (χ1n) is 8.81. The fourth-order valence-electron chi connectivity index (χ4n) is 3.59. The molecule has 27 heavy (non-hydrogen) atoms. The van der Waals surface area contributed by atoms with Gasteiger partial charge in [0.1, 0.15) is 5.75 Å². The second kappa shape index (κ2) is 7.70. The zero-order valence-electron chi connectivity index (χ0n) is 15.4. The Morgan fingerprint density at radius 2 is 2.04 bits per heavy atom. The minimum Gasteiger partial charge on any atom is -0.496 e. The lowest BCUT2D eigenvalue weighted by Crippen LogP contribution is -2.36. The number of aryl methyl sites for hydroxylation is 1. The number of nitrogens with zero attached hydrogens (tertiary/aromatic N) is 1. The van der Waals surface area contributed by atoms with E-state index in [-0.39, 0.29) is 16.5 Å². The summed E-state index contributed by atoms with van der Waals surface area (Å²) in [6, 6.07) is 11.3. The minimum absolute atomic E-state index is 0.0280. The molecule has 1 heterocycles. The summed E-state index contributed by atoms with van der Waals surface area (Å²) in [4.78, 5) is 11.2. The summed E-state index contributed by atoms with van der Waals surface area (Å²) in [5.41, 5.74) is 2.04. The topological polar surface area (TPSA) is 83.9 Å². The maximum Gasteiger partial charge on any atom is 0.335 e. The molecule has 1 fully saturated rings. The zero-order chi connectivity index (χ0) is 19.6. The molecule has 7 heteroatoms. The number of carbonyl (C=O) groups is 1. The molecule has 3 rings (SSSR count). The van der Waals surface area contributed by atoms with Crippen LogP contribution in [0.2, 0.25) is 0 Å². The van der Waals surface area contributed by atoms with Crippen LogP contribution >= 0.6 is 0 Å². The Hall–Kier alpha value is -2.38. The first-order valence-corrected chi connectivity index (χ1v) is 10.3. The standard InChI is InChI=1S/C20H23NO5S/c1-14-11-15(8-9-19(14)26-2)12-17-6-4-10-21(17)27(24,25)18-7-3-5-16(13-18)20(22)23/h3,5,7-9,11,13,17H,4,6,10,12H2,1-2H3,(H,22,23). The molecule has 0 amide bonds. The van der Waals surface area contributed by atoms with E-state index in [0.29, 0.717) is 13.0 Å². The summed E-state index contributed by atoms with van der Waals surface area (Å²) >= 11 is 0. The summed E-state index contributed by atoms with van der Waals surface area (Å²) in [7, 11) is -2.12. The zero-order valence-corrected chi connectivity index (χ0v) is 16.2. The van der Waals surface area contributed by atoms with Gasteiger partial charge < -0.3 is 9.84 Å². The van der Waals surface area contributed by atoms with Gasteiger partial charge in [0, 0.05) is 12.6 Å². The number of hydrogen-bond donors (Lipinski definition) is 1. The van der Waals surface area contributed by atoms with Crippen LogP contribution in [0.5, 0.6) is 5.75 Å². The van der Waals surface area contributed by atoms with E-state index >= 15 is 0 Å². The molecular weight excluding hydrogens is 366 g/mol. The Bertz CT molecular complexity index is 955. The van der Waals surface area contributed by atoms with Gasteiger partial charge in [-0.3, -0.25) is 0 Å².